The molecule has 0 aliphatic carbocycles. The van der Waals surface area contributed by atoms with Crippen LogP contribution in [0.5, 0.6) is 5.75 Å². The highest BCUT2D eigenvalue weighted by Gasteiger charge is 2.05. The van der Waals surface area contributed by atoms with Gasteiger partial charge in [-0.05, 0) is 36.4 Å². The van der Waals surface area contributed by atoms with Gasteiger partial charge in [0.1, 0.15) is 18.2 Å². The third-order valence-electron chi connectivity index (χ3n) is 3.64. The Labute approximate surface area is 145 Å². The van der Waals surface area contributed by atoms with E-state index >= 15 is 0 Å². The number of hydrogen-bond donors (Lipinski definition) is 1. The summed E-state index contributed by atoms with van der Waals surface area (Å²) in [6, 6.07) is 21.7. The molecule has 0 bridgehead atoms. The number of nitrogens with one attached hydrogen (secondary N) is 1. The summed E-state index contributed by atoms with van der Waals surface area (Å²) in [7, 11) is 0. The van der Waals surface area contributed by atoms with Crippen molar-refractivity contribution in [1.29, 1.82) is 0 Å². The summed E-state index contributed by atoms with van der Waals surface area (Å²) in [4.78, 5) is 0. The Hall–Kier alpha value is -2.52. The predicted octanol–water partition coefficient (Wildman–Crippen LogP) is 5.67. The molecule has 0 aliphatic rings. The summed E-state index contributed by atoms with van der Waals surface area (Å²) in [5, 5.41) is 3.96. The molecule has 0 heterocycles. The van der Waals surface area contributed by atoms with Crippen molar-refractivity contribution in [2.24, 2.45) is 0 Å². The lowest BCUT2D eigenvalue weighted by Crippen LogP contribution is -2.04. The van der Waals surface area contributed by atoms with Crippen molar-refractivity contribution in [1.82, 2.24) is 0 Å². The molecule has 3 aromatic carbocycles. The zero-order valence-corrected chi connectivity index (χ0v) is 13.8. The number of hydrogen-bond acceptors (Lipinski definition) is 2. The average molecular weight is 342 g/mol. The van der Waals surface area contributed by atoms with Crippen LogP contribution in [0, 0.1) is 5.82 Å². The summed E-state index contributed by atoms with van der Waals surface area (Å²) in [6.45, 7) is 0.998. The Morgan fingerprint density at radius 3 is 2.25 bits per heavy atom. The molecular formula is C20H17ClFNO. The van der Waals surface area contributed by atoms with Gasteiger partial charge in [0.25, 0.3) is 0 Å². The Morgan fingerprint density at radius 2 is 1.50 bits per heavy atom. The zero-order valence-electron chi connectivity index (χ0n) is 13.0. The Morgan fingerprint density at radius 1 is 0.833 bits per heavy atom. The van der Waals surface area contributed by atoms with Gasteiger partial charge in [-0.25, -0.2) is 4.39 Å². The van der Waals surface area contributed by atoms with Gasteiger partial charge in [-0.15, -0.1) is 0 Å². The van der Waals surface area contributed by atoms with Crippen molar-refractivity contribution in [3.63, 3.8) is 0 Å². The van der Waals surface area contributed by atoms with Gasteiger partial charge in [0, 0.05) is 28.4 Å². The van der Waals surface area contributed by atoms with E-state index < -0.39 is 0 Å². The maximum absolute atomic E-state index is 12.9. The van der Waals surface area contributed by atoms with E-state index in [2.05, 4.69) is 5.32 Å². The molecule has 4 heteroatoms. The molecule has 1 N–H and O–H groups in total. The first-order valence-electron chi connectivity index (χ1n) is 7.66. The van der Waals surface area contributed by atoms with Gasteiger partial charge >= 0.3 is 0 Å². The summed E-state index contributed by atoms with van der Waals surface area (Å²) >= 11 is 6.16. The fourth-order valence-electron chi connectivity index (χ4n) is 2.33. The number of anilines is 1. The van der Waals surface area contributed by atoms with Crippen LogP contribution in [-0.4, -0.2) is 0 Å². The molecule has 3 aromatic rings. The van der Waals surface area contributed by atoms with Gasteiger partial charge in [-0.1, -0.05) is 48.0 Å². The van der Waals surface area contributed by atoms with E-state index in [0.29, 0.717) is 18.2 Å². The number of benzene rings is 3. The van der Waals surface area contributed by atoms with Crippen LogP contribution in [0.4, 0.5) is 10.1 Å². The van der Waals surface area contributed by atoms with E-state index in [-0.39, 0.29) is 5.82 Å². The lowest BCUT2D eigenvalue weighted by molar-refractivity contribution is 0.303. The van der Waals surface area contributed by atoms with Crippen molar-refractivity contribution < 1.29 is 9.13 Å². The number of rotatable bonds is 6. The molecule has 0 atom stereocenters. The summed E-state index contributed by atoms with van der Waals surface area (Å²) in [6.07, 6.45) is 0. The minimum Gasteiger partial charge on any atom is -0.488 e. The molecule has 0 aromatic heterocycles. The minimum atomic E-state index is -0.246. The minimum absolute atomic E-state index is 0.246. The van der Waals surface area contributed by atoms with Crippen LogP contribution in [-0.2, 0) is 13.2 Å². The van der Waals surface area contributed by atoms with Crippen molar-refractivity contribution in [2.45, 2.75) is 13.2 Å². The van der Waals surface area contributed by atoms with Gasteiger partial charge in [-0.2, -0.15) is 0 Å². The maximum Gasteiger partial charge on any atom is 0.124 e. The van der Waals surface area contributed by atoms with Crippen LogP contribution in [0.15, 0.2) is 72.8 Å². The molecular weight excluding hydrogens is 325 g/mol. The largest absolute Gasteiger partial charge is 0.488 e. The normalized spacial score (nSPS) is 10.4. The molecule has 2 nitrogen and oxygen atoms in total. The highest BCUT2D eigenvalue weighted by molar-refractivity contribution is 6.31. The van der Waals surface area contributed by atoms with E-state index in [0.717, 1.165) is 22.6 Å². The van der Waals surface area contributed by atoms with Gasteiger partial charge < -0.3 is 10.1 Å². The Balaban J connectivity index is 1.66. The summed E-state index contributed by atoms with van der Waals surface area (Å²) in [5.74, 6) is 0.552. The van der Waals surface area contributed by atoms with Gasteiger partial charge in [0.15, 0.2) is 0 Å². The Bertz CT molecular complexity index is 805. The lowest BCUT2D eigenvalue weighted by Gasteiger charge is -2.13. The first-order valence-corrected chi connectivity index (χ1v) is 8.04. The van der Waals surface area contributed by atoms with Gasteiger partial charge in [0.05, 0.1) is 0 Å². The first kappa shape index (κ1) is 16.3. The van der Waals surface area contributed by atoms with Crippen molar-refractivity contribution in [3.8, 4) is 5.75 Å². The van der Waals surface area contributed by atoms with Crippen LogP contribution in [0.3, 0.4) is 0 Å². The standard InChI is InChI=1S/C20H17ClFNO/c21-19-7-3-1-6-16(19)14-24-20-8-4-2-5-15(20)13-23-18-11-9-17(22)10-12-18/h1-12,23H,13-14H2. The third-order valence-corrected chi connectivity index (χ3v) is 4.01. The third kappa shape index (κ3) is 4.27. The topological polar surface area (TPSA) is 21.3 Å². The van der Waals surface area contributed by atoms with E-state index in [4.69, 9.17) is 16.3 Å². The molecule has 122 valence electrons. The SMILES string of the molecule is Fc1ccc(NCc2ccccc2OCc2ccccc2Cl)cc1. The van der Waals surface area contributed by atoms with Gasteiger partial charge in [0.2, 0.25) is 0 Å². The molecule has 0 radical (unpaired) electrons. The van der Waals surface area contributed by atoms with E-state index in [1.807, 2.05) is 48.5 Å². The monoisotopic (exact) mass is 341 g/mol. The smallest absolute Gasteiger partial charge is 0.124 e. The summed E-state index contributed by atoms with van der Waals surface area (Å²) < 4.78 is 18.9. The number of ether oxygens (including phenoxy) is 1. The lowest BCUT2D eigenvalue weighted by atomic mass is 10.2. The maximum atomic E-state index is 12.9. The molecule has 0 fully saturated rings. The Kier molecular flexibility index (Phi) is 5.34. The van der Waals surface area contributed by atoms with E-state index in [1.165, 1.54) is 12.1 Å². The molecule has 3 rings (SSSR count). The number of halogens is 2. The molecule has 0 saturated heterocycles. The quantitative estimate of drug-likeness (QED) is 0.623. The zero-order chi connectivity index (χ0) is 16.8. The molecule has 0 saturated carbocycles. The van der Waals surface area contributed by atoms with Crippen LogP contribution >= 0.6 is 11.6 Å². The highest BCUT2D eigenvalue weighted by atomic mass is 35.5. The van der Waals surface area contributed by atoms with Crippen molar-refractivity contribution >= 4 is 17.3 Å². The first-order chi connectivity index (χ1) is 11.7. The summed E-state index contributed by atoms with van der Waals surface area (Å²) in [5.41, 5.74) is 2.83. The van der Waals surface area contributed by atoms with Gasteiger partial charge in [-0.3, -0.25) is 0 Å². The van der Waals surface area contributed by atoms with Crippen LogP contribution in [0.2, 0.25) is 5.02 Å². The van der Waals surface area contributed by atoms with E-state index in [1.54, 1.807) is 12.1 Å². The van der Waals surface area contributed by atoms with E-state index in [9.17, 15) is 4.39 Å². The van der Waals surface area contributed by atoms with Crippen molar-refractivity contribution in [2.75, 3.05) is 5.32 Å². The van der Waals surface area contributed by atoms with Crippen LogP contribution in [0.25, 0.3) is 0 Å². The molecule has 24 heavy (non-hydrogen) atoms. The average Bonchev–Trinajstić information content (AvgIpc) is 2.61. The second kappa shape index (κ2) is 7.84. The van der Waals surface area contributed by atoms with Crippen LogP contribution < -0.4 is 10.1 Å². The molecule has 0 amide bonds. The fourth-order valence-corrected chi connectivity index (χ4v) is 2.52. The highest BCUT2D eigenvalue weighted by Crippen LogP contribution is 2.23. The van der Waals surface area contributed by atoms with Crippen molar-refractivity contribution in [3.05, 3.63) is 94.8 Å². The number of para-hydroxylation sites is 1. The predicted molar refractivity (Wildman–Crippen MR) is 96.0 cm³/mol. The second-order valence-electron chi connectivity index (χ2n) is 5.35. The molecule has 0 unspecified atom stereocenters. The van der Waals surface area contributed by atoms with Crippen LogP contribution in [0.1, 0.15) is 11.1 Å². The fraction of sp³-hybridized carbons (Fsp3) is 0.100. The molecule has 0 spiro atoms. The second-order valence-corrected chi connectivity index (χ2v) is 5.76. The molecule has 0 aliphatic heterocycles.